The smallest absolute Gasteiger partial charge is 0.264 e. The summed E-state index contributed by atoms with van der Waals surface area (Å²) in [5.41, 5.74) is 0.634. The first-order valence-electron chi connectivity index (χ1n) is 10.4. The lowest BCUT2D eigenvalue weighted by atomic mass is 9.89. The maximum Gasteiger partial charge on any atom is 0.264 e. The Labute approximate surface area is 195 Å². The molecule has 2 aliphatic heterocycles. The highest BCUT2D eigenvalue weighted by Gasteiger charge is 2.50. The molecule has 0 bridgehead atoms. The molecule has 2 heterocycles. The third-order valence-electron chi connectivity index (χ3n) is 5.76. The number of allylic oxidation sites excluding steroid dienone is 1. The van der Waals surface area contributed by atoms with Crippen molar-refractivity contribution in [2.24, 2.45) is 0 Å². The second-order valence-corrected chi connectivity index (χ2v) is 8.42. The molecule has 0 saturated heterocycles. The molecule has 0 spiro atoms. The van der Waals surface area contributed by atoms with Crippen LogP contribution in [0.3, 0.4) is 0 Å². The summed E-state index contributed by atoms with van der Waals surface area (Å²) in [6.07, 6.45) is 2.63. The number of carbonyl (C=O) groups is 2. The van der Waals surface area contributed by atoms with Gasteiger partial charge in [-0.15, -0.1) is 0 Å². The standard InChI is InChI=1S/C26H20ClNO5/c27-19-5-3-4-18(12-19)15-28-22-7-2-1-6-21(22)26(31,25(28)30)14-20(29)10-8-17-9-11-23-24(13-17)33-16-32-23/h1-13,31H,14-16H2/b10-8-/t26-/m1/s1. The van der Waals surface area contributed by atoms with Crippen LogP contribution in [-0.2, 0) is 21.7 Å². The molecule has 0 radical (unpaired) electrons. The molecule has 33 heavy (non-hydrogen) atoms. The molecular formula is C26H20ClNO5. The van der Waals surface area contributed by atoms with Gasteiger partial charge in [-0.25, -0.2) is 0 Å². The summed E-state index contributed by atoms with van der Waals surface area (Å²) in [6.45, 7) is 0.404. The number of ether oxygens (including phenoxy) is 2. The Morgan fingerprint density at radius 2 is 1.88 bits per heavy atom. The second-order valence-electron chi connectivity index (χ2n) is 7.99. The zero-order valence-corrected chi connectivity index (χ0v) is 18.3. The normalized spacial score (nSPS) is 18.7. The summed E-state index contributed by atoms with van der Waals surface area (Å²) in [4.78, 5) is 27.6. The monoisotopic (exact) mass is 461 g/mol. The molecule has 3 aromatic rings. The van der Waals surface area contributed by atoms with Crippen LogP contribution in [0.2, 0.25) is 5.02 Å². The van der Waals surface area contributed by atoms with Crippen molar-refractivity contribution in [2.45, 2.75) is 18.6 Å². The van der Waals surface area contributed by atoms with E-state index in [-0.39, 0.29) is 25.5 Å². The van der Waals surface area contributed by atoms with Gasteiger partial charge in [0.05, 0.1) is 18.7 Å². The third-order valence-corrected chi connectivity index (χ3v) is 5.99. The Kier molecular flexibility index (Phi) is 5.40. The molecule has 3 aromatic carbocycles. The molecule has 7 heteroatoms. The summed E-state index contributed by atoms with van der Waals surface area (Å²) < 4.78 is 10.6. The molecule has 1 amide bonds. The van der Waals surface area contributed by atoms with Gasteiger partial charge in [0.25, 0.3) is 5.91 Å². The number of fused-ring (bicyclic) bond motifs is 2. The van der Waals surface area contributed by atoms with Gasteiger partial charge in [0.2, 0.25) is 6.79 Å². The fourth-order valence-electron chi connectivity index (χ4n) is 4.17. The van der Waals surface area contributed by atoms with Crippen LogP contribution in [-0.4, -0.2) is 23.6 Å². The zero-order chi connectivity index (χ0) is 23.0. The van der Waals surface area contributed by atoms with Crippen LogP contribution in [0.25, 0.3) is 6.08 Å². The number of hydrogen-bond donors (Lipinski definition) is 1. The lowest BCUT2D eigenvalue weighted by Crippen LogP contribution is -2.41. The highest BCUT2D eigenvalue weighted by molar-refractivity contribution is 6.30. The molecule has 2 aliphatic rings. The summed E-state index contributed by atoms with van der Waals surface area (Å²) in [5.74, 6) is 0.358. The topological polar surface area (TPSA) is 76.1 Å². The van der Waals surface area contributed by atoms with E-state index in [4.69, 9.17) is 21.1 Å². The van der Waals surface area contributed by atoms with E-state index in [0.29, 0.717) is 27.8 Å². The van der Waals surface area contributed by atoms with Gasteiger partial charge >= 0.3 is 0 Å². The van der Waals surface area contributed by atoms with E-state index in [1.54, 1.807) is 66.7 Å². The number of aliphatic hydroxyl groups is 1. The quantitative estimate of drug-likeness (QED) is 0.548. The minimum absolute atomic E-state index is 0.168. The van der Waals surface area contributed by atoms with Crippen molar-refractivity contribution in [3.05, 3.63) is 94.5 Å². The van der Waals surface area contributed by atoms with Crippen LogP contribution >= 0.6 is 11.6 Å². The lowest BCUT2D eigenvalue weighted by Gasteiger charge is -2.22. The van der Waals surface area contributed by atoms with Crippen molar-refractivity contribution >= 4 is 35.1 Å². The molecule has 166 valence electrons. The molecular weight excluding hydrogens is 442 g/mol. The first kappa shape index (κ1) is 21.2. The minimum atomic E-state index is -1.94. The predicted octanol–water partition coefficient (Wildman–Crippen LogP) is 4.48. The fourth-order valence-corrected chi connectivity index (χ4v) is 4.38. The van der Waals surface area contributed by atoms with Gasteiger partial charge in [0.15, 0.2) is 22.9 Å². The number of nitrogens with zero attached hydrogens (tertiary/aromatic N) is 1. The predicted molar refractivity (Wildman–Crippen MR) is 124 cm³/mol. The maximum absolute atomic E-state index is 13.3. The number of hydrogen-bond acceptors (Lipinski definition) is 5. The Morgan fingerprint density at radius 3 is 2.73 bits per heavy atom. The van der Waals surface area contributed by atoms with Crippen molar-refractivity contribution < 1.29 is 24.2 Å². The minimum Gasteiger partial charge on any atom is -0.454 e. The van der Waals surface area contributed by atoms with Crippen molar-refractivity contribution in [1.29, 1.82) is 0 Å². The lowest BCUT2D eigenvalue weighted by molar-refractivity contribution is -0.140. The Balaban J connectivity index is 1.38. The average Bonchev–Trinajstić information content (AvgIpc) is 3.35. The van der Waals surface area contributed by atoms with Crippen molar-refractivity contribution in [2.75, 3.05) is 11.7 Å². The largest absolute Gasteiger partial charge is 0.454 e. The number of para-hydroxylation sites is 1. The van der Waals surface area contributed by atoms with Gasteiger partial charge in [-0.05, 0) is 47.5 Å². The van der Waals surface area contributed by atoms with E-state index in [1.807, 2.05) is 6.07 Å². The highest BCUT2D eigenvalue weighted by atomic mass is 35.5. The number of carbonyl (C=O) groups excluding carboxylic acids is 2. The molecule has 6 nitrogen and oxygen atoms in total. The molecule has 0 unspecified atom stereocenters. The van der Waals surface area contributed by atoms with Gasteiger partial charge in [-0.3, -0.25) is 9.59 Å². The van der Waals surface area contributed by atoms with Gasteiger partial charge in [-0.1, -0.05) is 54.1 Å². The number of rotatable bonds is 6. The number of ketones is 1. The van der Waals surface area contributed by atoms with Gasteiger partial charge in [0, 0.05) is 10.6 Å². The summed E-state index contributed by atoms with van der Waals surface area (Å²) in [7, 11) is 0. The Hall–Kier alpha value is -3.61. The van der Waals surface area contributed by atoms with Gasteiger partial charge in [-0.2, -0.15) is 0 Å². The molecule has 0 aromatic heterocycles. The van der Waals surface area contributed by atoms with Crippen LogP contribution in [0.1, 0.15) is 23.1 Å². The number of halogens is 1. The van der Waals surface area contributed by atoms with Crippen molar-refractivity contribution in [3.63, 3.8) is 0 Å². The van der Waals surface area contributed by atoms with Crippen LogP contribution < -0.4 is 14.4 Å². The zero-order valence-electron chi connectivity index (χ0n) is 17.5. The van der Waals surface area contributed by atoms with Crippen LogP contribution in [0.15, 0.2) is 72.8 Å². The van der Waals surface area contributed by atoms with Gasteiger partial charge < -0.3 is 19.5 Å². The number of benzene rings is 3. The van der Waals surface area contributed by atoms with Crippen LogP contribution in [0.5, 0.6) is 11.5 Å². The highest BCUT2D eigenvalue weighted by Crippen LogP contribution is 2.43. The van der Waals surface area contributed by atoms with E-state index in [2.05, 4.69) is 0 Å². The average molecular weight is 462 g/mol. The number of amides is 1. The molecule has 1 atom stereocenters. The molecule has 0 aliphatic carbocycles. The second kappa shape index (κ2) is 8.39. The van der Waals surface area contributed by atoms with E-state index in [0.717, 1.165) is 11.1 Å². The molecule has 0 fully saturated rings. The van der Waals surface area contributed by atoms with Crippen molar-refractivity contribution in [3.8, 4) is 11.5 Å². The summed E-state index contributed by atoms with van der Waals surface area (Å²) in [5, 5.41) is 12.0. The van der Waals surface area contributed by atoms with Crippen LogP contribution in [0.4, 0.5) is 5.69 Å². The van der Waals surface area contributed by atoms with Crippen LogP contribution in [0, 0.1) is 0 Å². The Morgan fingerprint density at radius 1 is 1.06 bits per heavy atom. The first-order chi connectivity index (χ1) is 15.9. The van der Waals surface area contributed by atoms with Crippen molar-refractivity contribution in [1.82, 2.24) is 0 Å². The van der Waals surface area contributed by atoms with E-state index < -0.39 is 11.5 Å². The third kappa shape index (κ3) is 3.99. The number of anilines is 1. The molecule has 1 N–H and O–H groups in total. The first-order valence-corrected chi connectivity index (χ1v) is 10.8. The Bertz CT molecular complexity index is 1290. The SMILES string of the molecule is O=C(/C=C\c1ccc2c(c1)OCO2)C[C@]1(O)C(=O)N(Cc2cccc(Cl)c2)c2ccccc21. The summed E-state index contributed by atoms with van der Waals surface area (Å²) in [6, 6.07) is 19.5. The van der Waals surface area contributed by atoms with E-state index in [9.17, 15) is 14.7 Å². The summed E-state index contributed by atoms with van der Waals surface area (Å²) >= 11 is 6.09. The molecule has 5 rings (SSSR count). The van der Waals surface area contributed by atoms with E-state index in [1.165, 1.54) is 11.0 Å². The van der Waals surface area contributed by atoms with E-state index >= 15 is 0 Å². The van der Waals surface area contributed by atoms with Gasteiger partial charge in [0.1, 0.15) is 0 Å². The molecule has 0 saturated carbocycles. The maximum atomic E-state index is 13.3. The fraction of sp³-hybridized carbons (Fsp3) is 0.154.